The Bertz CT molecular complexity index is 313. The lowest BCUT2D eigenvalue weighted by Crippen LogP contribution is -2.46. The molecule has 2 saturated heterocycles. The molecular weight excluding hydrogens is 232 g/mol. The third-order valence-corrected chi connectivity index (χ3v) is 3.96. The van der Waals surface area contributed by atoms with Crippen LogP contribution in [0.5, 0.6) is 0 Å². The molecule has 5 nitrogen and oxygen atoms in total. The molecule has 0 aromatic carbocycles. The van der Waals surface area contributed by atoms with Crippen LogP contribution in [0.15, 0.2) is 0 Å². The van der Waals surface area contributed by atoms with Crippen LogP contribution in [0.4, 0.5) is 0 Å². The molecular formula is C13H22N2O3. The number of carboxylic acids is 1. The molecule has 0 spiro atoms. The van der Waals surface area contributed by atoms with Crippen LogP contribution in [0.2, 0.25) is 0 Å². The summed E-state index contributed by atoms with van der Waals surface area (Å²) in [6.45, 7) is 3.00. The molecule has 0 aliphatic carbocycles. The molecule has 0 bridgehead atoms. The number of carbonyl (C=O) groups excluding carboxylic acids is 1. The number of carboxylic acid groups (broad SMARTS) is 1. The lowest BCUT2D eigenvalue weighted by molar-refractivity contribution is -0.140. The number of rotatable bonds is 4. The second-order valence-corrected chi connectivity index (χ2v) is 5.31. The molecule has 1 unspecified atom stereocenters. The third-order valence-electron chi connectivity index (χ3n) is 3.96. The Labute approximate surface area is 108 Å². The molecule has 1 atom stereocenters. The van der Waals surface area contributed by atoms with Gasteiger partial charge in [-0.25, -0.2) is 0 Å². The average Bonchev–Trinajstić information content (AvgIpc) is 2.84. The van der Waals surface area contributed by atoms with Crippen LogP contribution in [0.3, 0.4) is 0 Å². The molecule has 18 heavy (non-hydrogen) atoms. The first-order valence-electron chi connectivity index (χ1n) is 6.90. The van der Waals surface area contributed by atoms with Crippen molar-refractivity contribution in [3.63, 3.8) is 0 Å². The van der Waals surface area contributed by atoms with Crippen molar-refractivity contribution in [2.24, 2.45) is 0 Å². The van der Waals surface area contributed by atoms with Crippen molar-refractivity contribution < 1.29 is 14.7 Å². The SMILES string of the molecule is O=C(O)CC1CCCCN1CC(=O)N1CCCC1. The van der Waals surface area contributed by atoms with E-state index in [1.165, 1.54) is 0 Å². The minimum absolute atomic E-state index is 0.0443. The Morgan fingerprint density at radius 3 is 2.39 bits per heavy atom. The van der Waals surface area contributed by atoms with Crippen LogP contribution in [0.1, 0.15) is 38.5 Å². The number of aliphatic carboxylic acids is 1. The summed E-state index contributed by atoms with van der Waals surface area (Å²) in [5.74, 6) is -0.592. The molecule has 0 radical (unpaired) electrons. The Hall–Kier alpha value is -1.10. The van der Waals surface area contributed by atoms with E-state index in [1.54, 1.807) is 0 Å². The zero-order valence-electron chi connectivity index (χ0n) is 10.8. The van der Waals surface area contributed by atoms with E-state index in [0.717, 1.165) is 51.7 Å². The first-order valence-corrected chi connectivity index (χ1v) is 6.90. The molecule has 2 fully saturated rings. The van der Waals surface area contributed by atoms with Crippen LogP contribution >= 0.6 is 0 Å². The molecule has 2 rings (SSSR count). The summed E-state index contributed by atoms with van der Waals surface area (Å²) in [6.07, 6.45) is 5.41. The van der Waals surface area contributed by atoms with Gasteiger partial charge in [0, 0.05) is 19.1 Å². The lowest BCUT2D eigenvalue weighted by atomic mass is 9.99. The Morgan fingerprint density at radius 2 is 1.72 bits per heavy atom. The van der Waals surface area contributed by atoms with Gasteiger partial charge in [-0.1, -0.05) is 6.42 Å². The van der Waals surface area contributed by atoms with Crippen molar-refractivity contribution >= 4 is 11.9 Å². The van der Waals surface area contributed by atoms with Crippen molar-refractivity contribution in [2.75, 3.05) is 26.2 Å². The van der Waals surface area contributed by atoms with Crippen molar-refractivity contribution in [1.29, 1.82) is 0 Å². The summed E-state index contributed by atoms with van der Waals surface area (Å²) >= 11 is 0. The number of nitrogens with zero attached hydrogens (tertiary/aromatic N) is 2. The van der Waals surface area contributed by atoms with E-state index < -0.39 is 5.97 Å². The van der Waals surface area contributed by atoms with Crippen LogP contribution in [0, 0.1) is 0 Å². The Morgan fingerprint density at radius 1 is 1.06 bits per heavy atom. The molecule has 2 aliphatic rings. The quantitative estimate of drug-likeness (QED) is 0.811. The first kappa shape index (κ1) is 13.3. The van der Waals surface area contributed by atoms with Gasteiger partial charge in [-0.2, -0.15) is 0 Å². The Kier molecular flexibility index (Phi) is 4.58. The van der Waals surface area contributed by atoms with Crippen molar-refractivity contribution in [3.8, 4) is 0 Å². The average molecular weight is 254 g/mol. The van der Waals surface area contributed by atoms with Crippen LogP contribution in [-0.2, 0) is 9.59 Å². The minimum Gasteiger partial charge on any atom is -0.481 e. The molecule has 102 valence electrons. The van der Waals surface area contributed by atoms with Gasteiger partial charge in [-0.05, 0) is 32.2 Å². The number of carbonyl (C=O) groups is 2. The van der Waals surface area contributed by atoms with Gasteiger partial charge in [-0.15, -0.1) is 0 Å². The second kappa shape index (κ2) is 6.18. The largest absolute Gasteiger partial charge is 0.481 e. The molecule has 1 amide bonds. The maximum Gasteiger partial charge on any atom is 0.304 e. The predicted octanol–water partition coefficient (Wildman–Crippen LogP) is 0.938. The zero-order valence-corrected chi connectivity index (χ0v) is 10.8. The van der Waals surface area contributed by atoms with E-state index in [1.807, 2.05) is 4.90 Å². The van der Waals surface area contributed by atoms with Crippen LogP contribution in [-0.4, -0.2) is 59.0 Å². The van der Waals surface area contributed by atoms with Gasteiger partial charge in [0.1, 0.15) is 0 Å². The summed E-state index contributed by atoms with van der Waals surface area (Å²) < 4.78 is 0. The van der Waals surface area contributed by atoms with E-state index in [2.05, 4.69) is 4.90 Å². The van der Waals surface area contributed by atoms with Crippen molar-refractivity contribution in [3.05, 3.63) is 0 Å². The normalized spacial score (nSPS) is 25.3. The second-order valence-electron chi connectivity index (χ2n) is 5.31. The number of hydrogen-bond donors (Lipinski definition) is 1. The monoisotopic (exact) mass is 254 g/mol. The van der Waals surface area contributed by atoms with E-state index in [0.29, 0.717) is 6.54 Å². The fourth-order valence-electron chi connectivity index (χ4n) is 2.94. The van der Waals surface area contributed by atoms with Gasteiger partial charge in [0.2, 0.25) is 5.91 Å². The maximum atomic E-state index is 12.1. The smallest absolute Gasteiger partial charge is 0.304 e. The Balaban J connectivity index is 1.88. The van der Waals surface area contributed by atoms with E-state index in [4.69, 9.17) is 5.11 Å². The highest BCUT2D eigenvalue weighted by molar-refractivity contribution is 5.78. The lowest BCUT2D eigenvalue weighted by Gasteiger charge is -2.35. The summed E-state index contributed by atoms with van der Waals surface area (Å²) in [4.78, 5) is 26.9. The molecule has 0 aromatic rings. The number of piperidine rings is 1. The molecule has 2 heterocycles. The van der Waals surface area contributed by atoms with Gasteiger partial charge in [0.15, 0.2) is 0 Å². The van der Waals surface area contributed by atoms with E-state index >= 15 is 0 Å². The van der Waals surface area contributed by atoms with Gasteiger partial charge >= 0.3 is 5.97 Å². The van der Waals surface area contributed by atoms with Gasteiger partial charge in [0.25, 0.3) is 0 Å². The van der Waals surface area contributed by atoms with Gasteiger partial charge in [0.05, 0.1) is 13.0 Å². The van der Waals surface area contributed by atoms with Crippen molar-refractivity contribution in [2.45, 2.75) is 44.6 Å². The summed E-state index contributed by atoms with van der Waals surface area (Å²) in [5, 5.41) is 8.91. The number of likely N-dealkylation sites (tertiary alicyclic amines) is 2. The molecule has 1 N–H and O–H groups in total. The van der Waals surface area contributed by atoms with E-state index in [-0.39, 0.29) is 18.4 Å². The molecule has 2 aliphatic heterocycles. The fraction of sp³-hybridized carbons (Fsp3) is 0.846. The molecule has 5 heteroatoms. The van der Waals surface area contributed by atoms with Crippen LogP contribution < -0.4 is 0 Å². The topological polar surface area (TPSA) is 60.9 Å². The number of hydrogen-bond acceptors (Lipinski definition) is 3. The number of amides is 1. The van der Waals surface area contributed by atoms with Crippen LogP contribution in [0.25, 0.3) is 0 Å². The maximum absolute atomic E-state index is 12.1. The van der Waals surface area contributed by atoms with E-state index in [9.17, 15) is 9.59 Å². The molecule has 0 aromatic heterocycles. The third kappa shape index (κ3) is 3.45. The van der Waals surface area contributed by atoms with Gasteiger partial charge in [-0.3, -0.25) is 14.5 Å². The zero-order chi connectivity index (χ0) is 13.0. The molecule has 0 saturated carbocycles. The first-order chi connectivity index (χ1) is 8.66. The van der Waals surface area contributed by atoms with Gasteiger partial charge < -0.3 is 10.0 Å². The highest BCUT2D eigenvalue weighted by atomic mass is 16.4. The highest BCUT2D eigenvalue weighted by Crippen LogP contribution is 2.20. The highest BCUT2D eigenvalue weighted by Gasteiger charge is 2.28. The predicted molar refractivity (Wildman–Crippen MR) is 67.3 cm³/mol. The summed E-state index contributed by atoms with van der Waals surface area (Å²) in [6, 6.07) is 0.0443. The minimum atomic E-state index is -0.763. The van der Waals surface area contributed by atoms with Crippen molar-refractivity contribution in [1.82, 2.24) is 9.80 Å². The summed E-state index contributed by atoms with van der Waals surface area (Å²) in [7, 11) is 0. The standard InChI is InChI=1S/C13H22N2O3/c16-12(14-6-3-4-7-14)10-15-8-2-1-5-11(15)9-13(17)18/h11H,1-10H2,(H,17,18). The summed E-state index contributed by atoms with van der Waals surface area (Å²) in [5.41, 5.74) is 0. The fourth-order valence-corrected chi connectivity index (χ4v) is 2.94.